The second kappa shape index (κ2) is 8.28. The number of amides is 1. The number of hydrogen-bond donors (Lipinski definition) is 2. The number of hydrogen-bond acceptors (Lipinski definition) is 7. The molecule has 2 aromatic rings. The van der Waals surface area contributed by atoms with Gasteiger partial charge in [0.05, 0.1) is 49.1 Å². The van der Waals surface area contributed by atoms with Gasteiger partial charge in [0.25, 0.3) is 0 Å². The van der Waals surface area contributed by atoms with Gasteiger partial charge in [-0.1, -0.05) is 6.07 Å². The molecule has 3 N–H and O–H groups in total. The normalized spacial score (nSPS) is 19.9. The second-order valence-electron chi connectivity index (χ2n) is 7.67. The zero-order valence-electron chi connectivity index (χ0n) is 17.7. The monoisotopic (exact) mass is 420 g/mol. The summed E-state index contributed by atoms with van der Waals surface area (Å²) in [6.45, 7) is 4.88. The first-order valence-electron chi connectivity index (χ1n) is 10.0. The molecule has 0 spiro atoms. The molecule has 0 bridgehead atoms. The summed E-state index contributed by atoms with van der Waals surface area (Å²) in [5.41, 5.74) is 10.5. The van der Waals surface area contributed by atoms with Gasteiger partial charge >= 0.3 is 0 Å². The van der Waals surface area contributed by atoms with Gasteiger partial charge in [-0.2, -0.15) is 5.26 Å². The van der Waals surface area contributed by atoms with Crippen molar-refractivity contribution < 1.29 is 19.0 Å². The number of methoxy groups -OCH3 is 1. The fraction of sp³-hybridized carbons (Fsp3) is 0.348. The van der Waals surface area contributed by atoms with Gasteiger partial charge in [0.15, 0.2) is 0 Å². The summed E-state index contributed by atoms with van der Waals surface area (Å²) in [5.74, 6) is -0.212. The molecule has 1 fully saturated rings. The average Bonchev–Trinajstić information content (AvgIpc) is 3.27. The Balaban J connectivity index is 1.96. The molecule has 1 aromatic heterocycles. The van der Waals surface area contributed by atoms with Crippen molar-refractivity contribution in [1.82, 2.24) is 4.98 Å². The van der Waals surface area contributed by atoms with Crippen molar-refractivity contribution in [3.8, 4) is 17.7 Å². The van der Waals surface area contributed by atoms with Crippen molar-refractivity contribution >= 4 is 11.6 Å². The number of aryl methyl sites for hydroxylation is 1. The fourth-order valence-electron chi connectivity index (χ4n) is 4.17. The fourth-order valence-corrected chi connectivity index (χ4v) is 4.17. The summed E-state index contributed by atoms with van der Waals surface area (Å²) in [4.78, 5) is 17.1. The SMILES string of the molecule is COc1cc(C#N)ccc1C1C(C(N)=O)=C(C)Nc2c(C)cnc(OC3CCOC3)c21. The number of carbonyl (C=O) groups excluding carboxylic acids is 1. The van der Waals surface area contributed by atoms with E-state index in [1.165, 1.54) is 7.11 Å². The van der Waals surface area contributed by atoms with Crippen molar-refractivity contribution in [3.05, 3.63) is 57.9 Å². The van der Waals surface area contributed by atoms with Crippen LogP contribution < -0.4 is 20.5 Å². The highest BCUT2D eigenvalue weighted by Gasteiger charge is 2.37. The number of primary amides is 1. The van der Waals surface area contributed by atoms with Gasteiger partial charge in [-0.05, 0) is 31.5 Å². The van der Waals surface area contributed by atoms with Crippen LogP contribution in [0.1, 0.15) is 41.5 Å². The minimum absolute atomic E-state index is 0.119. The first-order chi connectivity index (χ1) is 14.9. The number of nitrogens with one attached hydrogen (secondary N) is 1. The Labute approximate surface area is 180 Å². The van der Waals surface area contributed by atoms with E-state index < -0.39 is 11.8 Å². The van der Waals surface area contributed by atoms with Crippen molar-refractivity contribution in [3.63, 3.8) is 0 Å². The predicted molar refractivity (Wildman–Crippen MR) is 114 cm³/mol. The van der Waals surface area contributed by atoms with Crippen LogP contribution in [-0.2, 0) is 9.53 Å². The number of nitriles is 1. The van der Waals surface area contributed by atoms with Crippen LogP contribution in [0.25, 0.3) is 0 Å². The Morgan fingerprint density at radius 2 is 2.19 bits per heavy atom. The molecule has 31 heavy (non-hydrogen) atoms. The second-order valence-corrected chi connectivity index (χ2v) is 7.67. The lowest BCUT2D eigenvalue weighted by Gasteiger charge is -2.33. The van der Waals surface area contributed by atoms with E-state index in [-0.39, 0.29) is 6.10 Å². The minimum Gasteiger partial charge on any atom is -0.496 e. The maximum atomic E-state index is 12.6. The molecule has 1 aromatic carbocycles. The van der Waals surface area contributed by atoms with Gasteiger partial charge in [0.1, 0.15) is 11.9 Å². The van der Waals surface area contributed by atoms with E-state index in [4.69, 9.17) is 19.9 Å². The minimum atomic E-state index is -0.568. The summed E-state index contributed by atoms with van der Waals surface area (Å²) in [5, 5.41) is 12.6. The maximum Gasteiger partial charge on any atom is 0.247 e. The summed E-state index contributed by atoms with van der Waals surface area (Å²) in [7, 11) is 1.53. The van der Waals surface area contributed by atoms with Crippen LogP contribution in [0.15, 0.2) is 35.7 Å². The van der Waals surface area contributed by atoms with Crippen LogP contribution in [0.3, 0.4) is 0 Å². The lowest BCUT2D eigenvalue weighted by Crippen LogP contribution is -2.29. The highest BCUT2D eigenvalue weighted by molar-refractivity contribution is 5.98. The van der Waals surface area contributed by atoms with E-state index in [1.54, 1.807) is 24.4 Å². The van der Waals surface area contributed by atoms with Crippen molar-refractivity contribution in [1.29, 1.82) is 5.26 Å². The molecule has 2 aliphatic rings. The Kier molecular flexibility index (Phi) is 5.53. The number of benzene rings is 1. The average molecular weight is 420 g/mol. The van der Waals surface area contributed by atoms with Crippen molar-refractivity contribution in [2.45, 2.75) is 32.3 Å². The zero-order chi connectivity index (χ0) is 22.1. The Morgan fingerprint density at radius 3 is 2.84 bits per heavy atom. The topological polar surface area (TPSA) is 119 Å². The van der Waals surface area contributed by atoms with Crippen LogP contribution in [0.4, 0.5) is 5.69 Å². The summed E-state index contributed by atoms with van der Waals surface area (Å²) >= 11 is 0. The van der Waals surface area contributed by atoms with Crippen molar-refractivity contribution in [2.24, 2.45) is 5.73 Å². The molecule has 2 unspecified atom stereocenters. The highest BCUT2D eigenvalue weighted by atomic mass is 16.5. The quantitative estimate of drug-likeness (QED) is 0.763. The standard InChI is InChI=1S/C23H24N4O4/c1-12-10-26-23(31-15-6-7-30-11-15)20-19(18(22(25)28)13(2)27-21(12)20)16-5-4-14(9-24)8-17(16)29-3/h4-5,8,10,15,19,27H,6-7,11H2,1-3H3,(H2,25,28). The third kappa shape index (κ3) is 3.68. The van der Waals surface area contributed by atoms with E-state index >= 15 is 0 Å². The summed E-state index contributed by atoms with van der Waals surface area (Å²) < 4.78 is 17.3. The number of fused-ring (bicyclic) bond motifs is 1. The first kappa shape index (κ1) is 20.7. The lowest BCUT2D eigenvalue weighted by molar-refractivity contribution is -0.114. The van der Waals surface area contributed by atoms with Gasteiger partial charge in [0, 0.05) is 29.5 Å². The van der Waals surface area contributed by atoms with Gasteiger partial charge in [0.2, 0.25) is 11.8 Å². The number of rotatable bonds is 5. The van der Waals surface area contributed by atoms with E-state index in [2.05, 4.69) is 16.4 Å². The van der Waals surface area contributed by atoms with E-state index in [9.17, 15) is 10.1 Å². The first-order valence-corrected chi connectivity index (χ1v) is 10.0. The van der Waals surface area contributed by atoms with Gasteiger partial charge in [-0.3, -0.25) is 4.79 Å². The number of aromatic nitrogens is 1. The predicted octanol–water partition coefficient (Wildman–Crippen LogP) is 2.75. The maximum absolute atomic E-state index is 12.6. The Bertz CT molecular complexity index is 1110. The third-order valence-electron chi connectivity index (χ3n) is 5.67. The highest BCUT2D eigenvalue weighted by Crippen LogP contribution is 2.49. The number of nitrogens with two attached hydrogens (primary N) is 1. The van der Waals surface area contributed by atoms with Crippen LogP contribution >= 0.6 is 0 Å². The molecular formula is C23H24N4O4. The number of nitrogens with zero attached hydrogens (tertiary/aromatic N) is 2. The molecule has 160 valence electrons. The lowest BCUT2D eigenvalue weighted by atomic mass is 9.79. The molecule has 0 aliphatic carbocycles. The number of allylic oxidation sites excluding steroid dienone is 1. The smallest absolute Gasteiger partial charge is 0.247 e. The molecular weight excluding hydrogens is 396 g/mol. The van der Waals surface area contributed by atoms with Crippen LogP contribution in [-0.4, -0.2) is 37.3 Å². The molecule has 8 nitrogen and oxygen atoms in total. The number of pyridine rings is 1. The molecule has 3 heterocycles. The molecule has 2 aliphatic heterocycles. The number of ether oxygens (including phenoxy) is 3. The van der Waals surface area contributed by atoms with Crippen LogP contribution in [0.2, 0.25) is 0 Å². The third-order valence-corrected chi connectivity index (χ3v) is 5.67. The van der Waals surface area contributed by atoms with Gasteiger partial charge < -0.3 is 25.3 Å². The molecule has 1 amide bonds. The van der Waals surface area contributed by atoms with Gasteiger partial charge in [-0.15, -0.1) is 0 Å². The summed E-state index contributed by atoms with van der Waals surface area (Å²) in [6, 6.07) is 7.25. The van der Waals surface area contributed by atoms with Crippen molar-refractivity contribution in [2.75, 3.05) is 25.6 Å². The van der Waals surface area contributed by atoms with Crippen LogP contribution in [0, 0.1) is 18.3 Å². The Morgan fingerprint density at radius 1 is 1.39 bits per heavy atom. The largest absolute Gasteiger partial charge is 0.496 e. The summed E-state index contributed by atoms with van der Waals surface area (Å²) in [6.07, 6.45) is 2.39. The zero-order valence-corrected chi connectivity index (χ0v) is 17.7. The Hall–Kier alpha value is -3.57. The van der Waals surface area contributed by atoms with E-state index in [0.29, 0.717) is 52.8 Å². The molecule has 1 saturated heterocycles. The molecule has 4 rings (SSSR count). The molecule has 0 saturated carbocycles. The van der Waals surface area contributed by atoms with E-state index in [0.717, 1.165) is 17.7 Å². The van der Waals surface area contributed by atoms with E-state index in [1.807, 2.05) is 13.8 Å². The van der Waals surface area contributed by atoms with Crippen LogP contribution in [0.5, 0.6) is 11.6 Å². The van der Waals surface area contributed by atoms with Gasteiger partial charge in [-0.25, -0.2) is 4.98 Å². The molecule has 8 heteroatoms. The number of carbonyl (C=O) groups is 1. The molecule has 0 radical (unpaired) electrons. The molecule has 2 atom stereocenters. The number of anilines is 1.